The van der Waals surface area contributed by atoms with E-state index in [1.165, 1.54) is 12.8 Å². The fraction of sp³-hybridized carbons (Fsp3) is 0.562. The molecule has 0 spiro atoms. The first-order valence-corrected chi connectivity index (χ1v) is 7.48. The minimum absolute atomic E-state index is 0.0979. The van der Waals surface area contributed by atoms with Crippen molar-refractivity contribution in [3.05, 3.63) is 29.8 Å². The van der Waals surface area contributed by atoms with Crippen molar-refractivity contribution in [2.45, 2.75) is 32.2 Å². The van der Waals surface area contributed by atoms with Gasteiger partial charge in [0.1, 0.15) is 0 Å². The SMILES string of the molecule is CCCCN(C)c1ccc(C(=O)N2CC[C@@H](N)C2)cc1. The molecule has 2 rings (SSSR count). The van der Waals surface area contributed by atoms with E-state index in [2.05, 4.69) is 18.9 Å². The molecule has 1 fully saturated rings. The lowest BCUT2D eigenvalue weighted by atomic mass is 10.1. The predicted octanol–water partition coefficient (Wildman–Crippen LogP) is 2.10. The van der Waals surface area contributed by atoms with Crippen molar-refractivity contribution >= 4 is 11.6 Å². The molecule has 0 aliphatic carbocycles. The summed E-state index contributed by atoms with van der Waals surface area (Å²) >= 11 is 0. The molecule has 1 aliphatic rings. The number of nitrogens with zero attached hydrogens (tertiary/aromatic N) is 2. The Morgan fingerprint density at radius 3 is 2.65 bits per heavy atom. The fourth-order valence-corrected chi connectivity index (χ4v) is 2.54. The van der Waals surface area contributed by atoms with Gasteiger partial charge in [-0.1, -0.05) is 13.3 Å². The van der Waals surface area contributed by atoms with E-state index in [-0.39, 0.29) is 11.9 Å². The number of carbonyl (C=O) groups is 1. The zero-order valence-electron chi connectivity index (χ0n) is 12.5. The molecule has 1 aromatic rings. The van der Waals surface area contributed by atoms with Gasteiger partial charge in [0.15, 0.2) is 0 Å². The largest absolute Gasteiger partial charge is 0.375 e. The van der Waals surface area contributed by atoms with Crippen LogP contribution in [0.15, 0.2) is 24.3 Å². The van der Waals surface area contributed by atoms with Gasteiger partial charge in [-0.15, -0.1) is 0 Å². The van der Waals surface area contributed by atoms with Crippen LogP contribution in [-0.2, 0) is 0 Å². The van der Waals surface area contributed by atoms with Crippen LogP contribution in [0.2, 0.25) is 0 Å². The van der Waals surface area contributed by atoms with E-state index in [0.717, 1.165) is 30.8 Å². The molecule has 0 aromatic heterocycles. The molecule has 0 radical (unpaired) electrons. The van der Waals surface area contributed by atoms with Crippen LogP contribution >= 0.6 is 0 Å². The van der Waals surface area contributed by atoms with Gasteiger partial charge in [-0.25, -0.2) is 0 Å². The maximum atomic E-state index is 12.3. The summed E-state index contributed by atoms with van der Waals surface area (Å²) in [6.07, 6.45) is 3.28. The van der Waals surface area contributed by atoms with Crippen molar-refractivity contribution in [1.29, 1.82) is 0 Å². The Morgan fingerprint density at radius 2 is 2.10 bits per heavy atom. The zero-order valence-corrected chi connectivity index (χ0v) is 12.5. The molecule has 20 heavy (non-hydrogen) atoms. The maximum Gasteiger partial charge on any atom is 0.253 e. The molecular weight excluding hydrogens is 250 g/mol. The second-order valence-corrected chi connectivity index (χ2v) is 5.62. The second-order valence-electron chi connectivity index (χ2n) is 5.62. The summed E-state index contributed by atoms with van der Waals surface area (Å²) in [5, 5.41) is 0. The summed E-state index contributed by atoms with van der Waals surface area (Å²) in [6.45, 7) is 4.69. The van der Waals surface area contributed by atoms with Crippen LogP contribution in [0.5, 0.6) is 0 Å². The number of nitrogens with two attached hydrogens (primary N) is 1. The first-order valence-electron chi connectivity index (χ1n) is 7.48. The molecule has 1 aromatic carbocycles. The first-order chi connectivity index (χ1) is 9.61. The third-order valence-electron chi connectivity index (χ3n) is 3.91. The summed E-state index contributed by atoms with van der Waals surface area (Å²) in [5.41, 5.74) is 7.77. The van der Waals surface area contributed by atoms with Crippen molar-refractivity contribution in [2.75, 3.05) is 31.6 Å². The van der Waals surface area contributed by atoms with E-state index in [9.17, 15) is 4.79 Å². The molecule has 0 unspecified atom stereocenters. The van der Waals surface area contributed by atoms with Gasteiger partial charge in [0.2, 0.25) is 0 Å². The van der Waals surface area contributed by atoms with Crippen LogP contribution in [0.4, 0.5) is 5.69 Å². The van der Waals surface area contributed by atoms with E-state index >= 15 is 0 Å². The molecule has 1 heterocycles. The monoisotopic (exact) mass is 275 g/mol. The molecule has 0 saturated carbocycles. The van der Waals surface area contributed by atoms with E-state index in [1.54, 1.807) is 0 Å². The smallest absolute Gasteiger partial charge is 0.253 e. The molecule has 4 nitrogen and oxygen atoms in total. The summed E-state index contributed by atoms with van der Waals surface area (Å²) in [4.78, 5) is 16.4. The van der Waals surface area contributed by atoms with Gasteiger partial charge in [-0.05, 0) is 37.1 Å². The highest BCUT2D eigenvalue weighted by Gasteiger charge is 2.24. The lowest BCUT2D eigenvalue weighted by Gasteiger charge is -2.20. The zero-order chi connectivity index (χ0) is 14.5. The molecule has 110 valence electrons. The third-order valence-corrected chi connectivity index (χ3v) is 3.91. The highest BCUT2D eigenvalue weighted by atomic mass is 16.2. The first kappa shape index (κ1) is 14.9. The molecule has 1 atom stereocenters. The molecule has 0 bridgehead atoms. The van der Waals surface area contributed by atoms with Gasteiger partial charge in [0, 0.05) is 44.0 Å². The van der Waals surface area contributed by atoms with Gasteiger partial charge >= 0.3 is 0 Å². The van der Waals surface area contributed by atoms with Gasteiger partial charge in [-0.2, -0.15) is 0 Å². The van der Waals surface area contributed by atoms with Crippen molar-refractivity contribution in [2.24, 2.45) is 5.73 Å². The van der Waals surface area contributed by atoms with E-state index in [4.69, 9.17) is 5.73 Å². The van der Waals surface area contributed by atoms with Crippen molar-refractivity contribution in [1.82, 2.24) is 4.90 Å². The van der Waals surface area contributed by atoms with Gasteiger partial charge in [-0.3, -0.25) is 4.79 Å². The summed E-state index contributed by atoms with van der Waals surface area (Å²) in [7, 11) is 2.09. The van der Waals surface area contributed by atoms with E-state index in [0.29, 0.717) is 6.54 Å². The number of anilines is 1. The Hall–Kier alpha value is -1.55. The third kappa shape index (κ3) is 3.51. The number of benzene rings is 1. The lowest BCUT2D eigenvalue weighted by molar-refractivity contribution is 0.0791. The number of likely N-dealkylation sites (tertiary alicyclic amines) is 1. The molecule has 1 aliphatic heterocycles. The number of rotatable bonds is 5. The minimum Gasteiger partial charge on any atom is -0.375 e. The molecule has 4 heteroatoms. The number of hydrogen-bond acceptors (Lipinski definition) is 3. The van der Waals surface area contributed by atoms with Crippen LogP contribution < -0.4 is 10.6 Å². The average molecular weight is 275 g/mol. The Kier molecular flexibility index (Phi) is 5.01. The molecule has 1 amide bonds. The molecular formula is C16H25N3O. The van der Waals surface area contributed by atoms with Crippen LogP contribution in [0.3, 0.4) is 0 Å². The lowest BCUT2D eigenvalue weighted by Crippen LogP contribution is -2.31. The standard InChI is InChI=1S/C16H25N3O/c1-3-4-10-18(2)15-7-5-13(6-8-15)16(20)19-11-9-14(17)12-19/h5-8,14H,3-4,9-12,17H2,1-2H3/t14-/m1/s1. The van der Waals surface area contributed by atoms with Crippen LogP contribution in [0.1, 0.15) is 36.5 Å². The average Bonchev–Trinajstić information content (AvgIpc) is 2.90. The Morgan fingerprint density at radius 1 is 1.40 bits per heavy atom. The van der Waals surface area contributed by atoms with Crippen molar-refractivity contribution < 1.29 is 4.79 Å². The quantitative estimate of drug-likeness (QED) is 0.895. The highest BCUT2D eigenvalue weighted by Crippen LogP contribution is 2.17. The number of hydrogen-bond donors (Lipinski definition) is 1. The summed E-state index contributed by atoms with van der Waals surface area (Å²) < 4.78 is 0. The number of unbranched alkanes of at least 4 members (excludes halogenated alkanes) is 1. The van der Waals surface area contributed by atoms with E-state index < -0.39 is 0 Å². The van der Waals surface area contributed by atoms with Crippen molar-refractivity contribution in [3.63, 3.8) is 0 Å². The van der Waals surface area contributed by atoms with Crippen LogP contribution in [0, 0.1) is 0 Å². The highest BCUT2D eigenvalue weighted by molar-refractivity contribution is 5.94. The Labute approximate surface area is 121 Å². The van der Waals surface area contributed by atoms with Gasteiger partial charge < -0.3 is 15.5 Å². The van der Waals surface area contributed by atoms with Gasteiger partial charge in [0.05, 0.1) is 0 Å². The van der Waals surface area contributed by atoms with Crippen LogP contribution in [0.25, 0.3) is 0 Å². The molecule has 1 saturated heterocycles. The number of carbonyl (C=O) groups excluding carboxylic acids is 1. The Balaban J connectivity index is 1.99. The van der Waals surface area contributed by atoms with Crippen molar-refractivity contribution in [3.8, 4) is 0 Å². The molecule has 2 N–H and O–H groups in total. The summed E-state index contributed by atoms with van der Waals surface area (Å²) in [5.74, 6) is 0.0979. The fourth-order valence-electron chi connectivity index (χ4n) is 2.54. The van der Waals surface area contributed by atoms with E-state index in [1.807, 2.05) is 29.2 Å². The normalized spacial score (nSPS) is 18.4. The maximum absolute atomic E-state index is 12.3. The summed E-state index contributed by atoms with van der Waals surface area (Å²) in [6, 6.07) is 8.03. The van der Waals surface area contributed by atoms with Crippen LogP contribution in [-0.4, -0.2) is 43.5 Å². The predicted molar refractivity (Wildman–Crippen MR) is 83.1 cm³/mol. The van der Waals surface area contributed by atoms with Gasteiger partial charge in [0.25, 0.3) is 5.91 Å². The topological polar surface area (TPSA) is 49.6 Å². The minimum atomic E-state index is 0.0979. The second kappa shape index (κ2) is 6.75. The number of amides is 1. The Bertz CT molecular complexity index is 444.